The Morgan fingerprint density at radius 1 is 1.21 bits per heavy atom. The molecule has 1 N–H and O–H groups in total. The number of rotatable bonds is 2. The minimum Gasteiger partial charge on any atom is -0.314 e. The van der Waals surface area contributed by atoms with E-state index < -0.39 is 0 Å². The van der Waals surface area contributed by atoms with E-state index in [-0.39, 0.29) is 30.2 Å². The molecule has 0 amide bonds. The zero-order valence-corrected chi connectivity index (χ0v) is 13.6. The van der Waals surface area contributed by atoms with Gasteiger partial charge in [-0.05, 0) is 17.0 Å². The highest BCUT2D eigenvalue weighted by molar-refractivity contribution is 5.85. The van der Waals surface area contributed by atoms with Crippen LogP contribution in [0.15, 0.2) is 24.5 Å². The lowest BCUT2D eigenvalue weighted by Gasteiger charge is -2.42. The summed E-state index contributed by atoms with van der Waals surface area (Å²) in [5.41, 5.74) is 1.57. The van der Waals surface area contributed by atoms with Crippen LogP contribution in [0, 0.1) is 5.41 Å². The first-order chi connectivity index (χ1) is 8.09. The molecule has 5 heteroatoms. The molecule has 2 rings (SSSR count). The van der Waals surface area contributed by atoms with Crippen molar-refractivity contribution < 1.29 is 0 Å². The molecule has 3 nitrogen and oxygen atoms in total. The van der Waals surface area contributed by atoms with Gasteiger partial charge in [0.1, 0.15) is 0 Å². The zero-order valence-electron chi connectivity index (χ0n) is 11.9. The number of nitrogens with one attached hydrogen (secondary N) is 1. The van der Waals surface area contributed by atoms with Gasteiger partial charge in [-0.15, -0.1) is 24.8 Å². The maximum atomic E-state index is 4.27. The topological polar surface area (TPSA) is 28.2 Å². The summed E-state index contributed by atoms with van der Waals surface area (Å²) in [5, 5.41) is 3.42. The minimum absolute atomic E-state index is 0. The minimum atomic E-state index is 0. The van der Waals surface area contributed by atoms with Gasteiger partial charge in [0.15, 0.2) is 0 Å². The van der Waals surface area contributed by atoms with Gasteiger partial charge in [0.25, 0.3) is 0 Å². The third kappa shape index (κ3) is 4.92. The molecule has 19 heavy (non-hydrogen) atoms. The van der Waals surface area contributed by atoms with E-state index in [1.54, 1.807) is 0 Å². The highest BCUT2D eigenvalue weighted by Crippen LogP contribution is 2.37. The van der Waals surface area contributed by atoms with Crippen LogP contribution >= 0.6 is 24.8 Å². The van der Waals surface area contributed by atoms with Gasteiger partial charge < -0.3 is 5.32 Å². The summed E-state index contributed by atoms with van der Waals surface area (Å²) in [5.74, 6) is 0. The van der Waals surface area contributed by atoms with Crippen molar-refractivity contribution in [1.29, 1.82) is 0 Å². The van der Waals surface area contributed by atoms with Gasteiger partial charge in [-0.25, -0.2) is 0 Å². The number of pyridine rings is 1. The Morgan fingerprint density at radius 3 is 2.32 bits per heavy atom. The molecule has 110 valence electrons. The molecule has 1 aromatic heterocycles. The highest BCUT2D eigenvalue weighted by Gasteiger charge is 2.32. The summed E-state index contributed by atoms with van der Waals surface area (Å²) in [6.07, 6.45) is 3.86. The van der Waals surface area contributed by atoms with Crippen LogP contribution in [0.4, 0.5) is 0 Å². The molecule has 1 aliphatic rings. The molecule has 0 radical (unpaired) electrons. The number of piperazine rings is 1. The molecule has 1 aromatic rings. The van der Waals surface area contributed by atoms with E-state index in [9.17, 15) is 0 Å². The molecule has 1 saturated heterocycles. The SMILES string of the molecule is CC(C)(C)[C@H](c1cccnc1)N1CCNCC1.Cl.Cl. The van der Waals surface area contributed by atoms with E-state index in [2.05, 4.69) is 42.0 Å². The Morgan fingerprint density at radius 2 is 1.84 bits per heavy atom. The lowest BCUT2D eigenvalue weighted by atomic mass is 9.81. The molecule has 1 aliphatic heterocycles. The quantitative estimate of drug-likeness (QED) is 0.910. The van der Waals surface area contributed by atoms with Crippen LogP contribution in [0.5, 0.6) is 0 Å². The fourth-order valence-corrected chi connectivity index (χ4v) is 2.74. The molecule has 0 unspecified atom stereocenters. The summed E-state index contributed by atoms with van der Waals surface area (Å²) in [7, 11) is 0. The van der Waals surface area contributed by atoms with Crippen molar-refractivity contribution in [3.05, 3.63) is 30.1 Å². The van der Waals surface area contributed by atoms with E-state index >= 15 is 0 Å². The molecule has 0 aliphatic carbocycles. The molecule has 1 fully saturated rings. The Balaban J connectivity index is 0.00000162. The first kappa shape index (κ1) is 18.7. The Labute approximate surface area is 129 Å². The second-order valence-electron chi connectivity index (χ2n) is 5.84. The molecule has 0 bridgehead atoms. The largest absolute Gasteiger partial charge is 0.314 e. The second kappa shape index (κ2) is 8.05. The molecular formula is C14H25Cl2N3. The normalized spacial score (nSPS) is 18.1. The van der Waals surface area contributed by atoms with Crippen LogP contribution in [0.2, 0.25) is 0 Å². The average Bonchev–Trinajstić information content (AvgIpc) is 2.30. The predicted molar refractivity (Wildman–Crippen MR) is 85.4 cm³/mol. The van der Waals surface area contributed by atoms with E-state index in [1.807, 2.05) is 18.5 Å². The van der Waals surface area contributed by atoms with E-state index in [1.165, 1.54) is 5.56 Å². The molecule has 0 saturated carbocycles. The van der Waals surface area contributed by atoms with Crippen molar-refractivity contribution in [3.8, 4) is 0 Å². The molecule has 0 spiro atoms. The fourth-order valence-electron chi connectivity index (χ4n) is 2.74. The van der Waals surface area contributed by atoms with Crippen LogP contribution in [0.25, 0.3) is 0 Å². The summed E-state index contributed by atoms with van der Waals surface area (Å²) < 4.78 is 0. The first-order valence-corrected chi connectivity index (χ1v) is 6.44. The van der Waals surface area contributed by atoms with Crippen molar-refractivity contribution in [2.45, 2.75) is 26.8 Å². The smallest absolute Gasteiger partial charge is 0.0412 e. The van der Waals surface area contributed by atoms with Crippen molar-refractivity contribution in [2.24, 2.45) is 5.41 Å². The summed E-state index contributed by atoms with van der Waals surface area (Å²) in [6, 6.07) is 4.69. The monoisotopic (exact) mass is 305 g/mol. The Hall–Kier alpha value is -0.350. The molecule has 1 atom stereocenters. The number of nitrogens with zero attached hydrogens (tertiary/aromatic N) is 2. The van der Waals surface area contributed by atoms with E-state index in [0.29, 0.717) is 6.04 Å². The average molecular weight is 306 g/mol. The van der Waals surface area contributed by atoms with Gasteiger partial charge in [-0.1, -0.05) is 26.8 Å². The van der Waals surface area contributed by atoms with Crippen LogP contribution < -0.4 is 5.32 Å². The van der Waals surface area contributed by atoms with Gasteiger partial charge in [-0.2, -0.15) is 0 Å². The first-order valence-electron chi connectivity index (χ1n) is 6.44. The van der Waals surface area contributed by atoms with Gasteiger partial charge >= 0.3 is 0 Å². The number of halogens is 2. The maximum absolute atomic E-state index is 4.27. The highest BCUT2D eigenvalue weighted by atomic mass is 35.5. The van der Waals surface area contributed by atoms with E-state index in [4.69, 9.17) is 0 Å². The van der Waals surface area contributed by atoms with Gasteiger partial charge in [-0.3, -0.25) is 9.88 Å². The molecule has 2 heterocycles. The third-order valence-corrected chi connectivity index (χ3v) is 3.34. The fraction of sp³-hybridized carbons (Fsp3) is 0.643. The van der Waals surface area contributed by atoms with Crippen molar-refractivity contribution >= 4 is 24.8 Å². The van der Waals surface area contributed by atoms with Crippen LogP contribution in [0.3, 0.4) is 0 Å². The Bertz CT molecular complexity index is 345. The second-order valence-corrected chi connectivity index (χ2v) is 5.84. The van der Waals surface area contributed by atoms with Crippen molar-refractivity contribution in [3.63, 3.8) is 0 Å². The third-order valence-electron chi connectivity index (χ3n) is 3.34. The van der Waals surface area contributed by atoms with Crippen molar-refractivity contribution in [2.75, 3.05) is 26.2 Å². The van der Waals surface area contributed by atoms with Crippen molar-refractivity contribution in [1.82, 2.24) is 15.2 Å². The molecular weight excluding hydrogens is 281 g/mol. The zero-order chi connectivity index (χ0) is 12.3. The summed E-state index contributed by atoms with van der Waals surface area (Å²) in [6.45, 7) is 11.4. The lowest BCUT2D eigenvalue weighted by molar-refractivity contribution is 0.0860. The van der Waals surface area contributed by atoms with Crippen LogP contribution in [-0.4, -0.2) is 36.1 Å². The standard InChI is InChI=1S/C14H23N3.2ClH/c1-14(2,3)13(12-5-4-6-16-11-12)17-9-7-15-8-10-17;;/h4-6,11,13,15H,7-10H2,1-3H3;2*1H/t13-;;/m0../s1. The van der Waals surface area contributed by atoms with Gasteiger partial charge in [0, 0.05) is 44.6 Å². The molecule has 0 aromatic carbocycles. The predicted octanol–water partition coefficient (Wildman–Crippen LogP) is 2.92. The Kier molecular flexibility index (Phi) is 7.90. The number of hydrogen-bond acceptors (Lipinski definition) is 3. The number of hydrogen-bond donors (Lipinski definition) is 1. The van der Waals surface area contributed by atoms with Crippen LogP contribution in [-0.2, 0) is 0 Å². The van der Waals surface area contributed by atoms with E-state index in [0.717, 1.165) is 26.2 Å². The van der Waals surface area contributed by atoms with Gasteiger partial charge in [0.2, 0.25) is 0 Å². The maximum Gasteiger partial charge on any atom is 0.0412 e. The number of aromatic nitrogens is 1. The van der Waals surface area contributed by atoms with Gasteiger partial charge in [0.05, 0.1) is 0 Å². The summed E-state index contributed by atoms with van der Waals surface area (Å²) >= 11 is 0. The van der Waals surface area contributed by atoms with Crippen LogP contribution in [0.1, 0.15) is 32.4 Å². The lowest BCUT2D eigenvalue weighted by Crippen LogP contribution is -2.48. The summed E-state index contributed by atoms with van der Waals surface area (Å²) in [4.78, 5) is 6.85.